The van der Waals surface area contributed by atoms with E-state index in [9.17, 15) is 4.79 Å². The first-order chi connectivity index (χ1) is 11.8. The largest absolute Gasteiger partial charge is 0.472 e. The van der Waals surface area contributed by atoms with E-state index < -0.39 is 5.97 Å². The van der Waals surface area contributed by atoms with E-state index in [0.717, 1.165) is 12.8 Å². The van der Waals surface area contributed by atoms with E-state index in [2.05, 4.69) is 10.1 Å². The molecular weight excluding hydrogens is 312 g/mol. The highest BCUT2D eigenvalue weighted by Gasteiger charge is 2.24. The summed E-state index contributed by atoms with van der Waals surface area (Å²) in [4.78, 5) is 16.3. The summed E-state index contributed by atoms with van der Waals surface area (Å²) in [6.07, 6.45) is 4.48. The van der Waals surface area contributed by atoms with Crippen LogP contribution in [0.1, 0.15) is 35.2 Å². The highest BCUT2D eigenvalue weighted by molar-refractivity contribution is 5.90. The van der Waals surface area contributed by atoms with Crippen LogP contribution < -0.4 is 4.74 Å². The maximum atomic E-state index is 12.0. The zero-order valence-electron chi connectivity index (χ0n) is 12.7. The minimum atomic E-state index is -0.492. The number of rotatable bonds is 4. The second-order valence-corrected chi connectivity index (χ2v) is 5.39. The van der Waals surface area contributed by atoms with Crippen LogP contribution >= 0.6 is 0 Å². The van der Waals surface area contributed by atoms with Crippen molar-refractivity contribution < 1.29 is 23.2 Å². The van der Waals surface area contributed by atoms with Crippen molar-refractivity contribution in [3.05, 3.63) is 54.3 Å². The Morgan fingerprint density at radius 2 is 2.25 bits per heavy atom. The lowest BCUT2D eigenvalue weighted by molar-refractivity contribution is 0.0734. The number of nitrogens with zero attached hydrogens (tertiary/aromatic N) is 2. The Balaban J connectivity index is 1.53. The van der Waals surface area contributed by atoms with Crippen molar-refractivity contribution in [2.24, 2.45) is 0 Å². The molecule has 0 bridgehead atoms. The number of hydrogen-bond acceptors (Lipinski definition) is 7. The lowest BCUT2D eigenvalue weighted by Gasteiger charge is -2.03. The number of aromatic nitrogens is 2. The molecule has 1 aliphatic rings. The van der Waals surface area contributed by atoms with Gasteiger partial charge in [-0.05, 0) is 31.0 Å². The van der Waals surface area contributed by atoms with E-state index in [4.69, 9.17) is 18.4 Å². The Labute approximate surface area is 137 Å². The van der Waals surface area contributed by atoms with Gasteiger partial charge in [0.25, 0.3) is 5.89 Å². The first kappa shape index (κ1) is 14.6. The van der Waals surface area contributed by atoms with Crippen molar-refractivity contribution in [2.75, 3.05) is 6.61 Å². The predicted octanol–water partition coefficient (Wildman–Crippen LogP) is 3.40. The van der Waals surface area contributed by atoms with Gasteiger partial charge in [-0.15, -0.1) is 0 Å². The molecule has 24 heavy (non-hydrogen) atoms. The maximum Gasteiger partial charge on any atom is 0.346 e. The zero-order valence-corrected chi connectivity index (χ0v) is 12.7. The van der Waals surface area contributed by atoms with E-state index in [1.807, 2.05) is 6.07 Å². The molecule has 0 N–H and O–H groups in total. The minimum Gasteiger partial charge on any atom is -0.472 e. The van der Waals surface area contributed by atoms with Crippen molar-refractivity contribution >= 4 is 5.97 Å². The molecular formula is C17H14N2O5. The number of carbonyl (C=O) groups excluding carboxylic acids is 1. The number of carbonyl (C=O) groups is 1. The third-order valence-corrected chi connectivity index (χ3v) is 3.71. The van der Waals surface area contributed by atoms with Gasteiger partial charge in [-0.1, -0.05) is 17.3 Å². The van der Waals surface area contributed by atoms with Crippen LogP contribution in [-0.2, 0) is 4.74 Å². The van der Waals surface area contributed by atoms with Gasteiger partial charge in [-0.2, -0.15) is 4.98 Å². The molecule has 7 nitrogen and oxygen atoms in total. The van der Waals surface area contributed by atoms with Crippen LogP contribution in [0.15, 0.2) is 51.8 Å². The molecule has 4 rings (SSSR count). The van der Waals surface area contributed by atoms with Gasteiger partial charge in [0.2, 0.25) is 5.82 Å². The molecule has 1 atom stereocenters. The average Bonchev–Trinajstić information content (AvgIpc) is 3.36. The second-order valence-electron chi connectivity index (χ2n) is 5.39. The summed E-state index contributed by atoms with van der Waals surface area (Å²) in [7, 11) is 0. The number of benzene rings is 1. The topological polar surface area (TPSA) is 87.6 Å². The maximum absolute atomic E-state index is 12.0. The molecule has 3 heterocycles. The fraction of sp³-hybridized carbons (Fsp3) is 0.235. The molecule has 0 saturated carbocycles. The summed E-state index contributed by atoms with van der Waals surface area (Å²) >= 11 is 0. The monoisotopic (exact) mass is 326 g/mol. The van der Waals surface area contributed by atoms with Crippen molar-refractivity contribution in [3.8, 4) is 17.1 Å². The molecule has 2 aromatic heterocycles. The standard InChI is InChI=1S/C17H14N2O5/c20-17(12-6-8-21-10-12)23-13-4-1-3-11(9-13)15-18-16(24-19-15)14-5-2-7-22-14/h1,3-4,6,8-10,14H,2,5,7H2/t14-/m0/s1. The van der Waals surface area contributed by atoms with Crippen LogP contribution in [0.4, 0.5) is 0 Å². The Morgan fingerprint density at radius 1 is 1.29 bits per heavy atom. The first-order valence-electron chi connectivity index (χ1n) is 7.59. The van der Waals surface area contributed by atoms with Crippen molar-refractivity contribution in [2.45, 2.75) is 18.9 Å². The zero-order chi connectivity index (χ0) is 16.4. The molecule has 0 amide bonds. The first-order valence-corrected chi connectivity index (χ1v) is 7.59. The molecule has 1 saturated heterocycles. The van der Waals surface area contributed by atoms with Gasteiger partial charge < -0.3 is 18.4 Å². The number of furan rings is 1. The fourth-order valence-electron chi connectivity index (χ4n) is 2.50. The Hall–Kier alpha value is -2.93. The van der Waals surface area contributed by atoms with Crippen LogP contribution in [-0.4, -0.2) is 22.7 Å². The molecule has 1 aromatic carbocycles. The highest BCUT2D eigenvalue weighted by Crippen LogP contribution is 2.29. The van der Waals surface area contributed by atoms with E-state index in [1.165, 1.54) is 12.5 Å². The summed E-state index contributed by atoms with van der Waals surface area (Å²) in [5.74, 6) is 0.807. The van der Waals surface area contributed by atoms with Crippen LogP contribution in [0.2, 0.25) is 0 Å². The predicted molar refractivity (Wildman–Crippen MR) is 81.3 cm³/mol. The summed E-state index contributed by atoms with van der Waals surface area (Å²) in [6, 6.07) is 8.48. The van der Waals surface area contributed by atoms with Crippen LogP contribution in [0.5, 0.6) is 5.75 Å². The third-order valence-electron chi connectivity index (χ3n) is 3.71. The average molecular weight is 326 g/mol. The minimum absolute atomic E-state index is 0.131. The highest BCUT2D eigenvalue weighted by atomic mass is 16.5. The van der Waals surface area contributed by atoms with Gasteiger partial charge in [0, 0.05) is 12.2 Å². The molecule has 7 heteroatoms. The van der Waals surface area contributed by atoms with E-state index in [1.54, 1.807) is 24.3 Å². The van der Waals surface area contributed by atoms with Crippen LogP contribution in [0, 0.1) is 0 Å². The van der Waals surface area contributed by atoms with Crippen molar-refractivity contribution in [1.29, 1.82) is 0 Å². The number of hydrogen-bond donors (Lipinski definition) is 0. The van der Waals surface area contributed by atoms with E-state index >= 15 is 0 Å². The number of ether oxygens (including phenoxy) is 2. The summed E-state index contributed by atoms with van der Waals surface area (Å²) < 4.78 is 21.0. The normalized spacial score (nSPS) is 17.1. The summed E-state index contributed by atoms with van der Waals surface area (Å²) in [5.41, 5.74) is 1.04. The summed E-state index contributed by atoms with van der Waals surface area (Å²) in [5, 5.41) is 3.98. The SMILES string of the molecule is O=C(Oc1cccc(-c2noc([C@@H]3CCCO3)n2)c1)c1ccoc1. The smallest absolute Gasteiger partial charge is 0.346 e. The Bertz CT molecular complexity index is 834. The molecule has 3 aromatic rings. The molecule has 122 valence electrons. The van der Waals surface area contributed by atoms with Crippen LogP contribution in [0.3, 0.4) is 0 Å². The van der Waals surface area contributed by atoms with Gasteiger partial charge in [-0.25, -0.2) is 4.79 Å². The number of esters is 1. The second kappa shape index (κ2) is 6.29. The molecule has 1 aliphatic heterocycles. The fourth-order valence-corrected chi connectivity index (χ4v) is 2.50. The molecule has 0 aliphatic carbocycles. The van der Waals surface area contributed by atoms with Gasteiger partial charge in [0.15, 0.2) is 0 Å². The molecule has 1 fully saturated rings. The Kier molecular flexibility index (Phi) is 3.84. The Morgan fingerprint density at radius 3 is 3.04 bits per heavy atom. The molecule has 0 radical (unpaired) electrons. The van der Waals surface area contributed by atoms with Gasteiger partial charge >= 0.3 is 5.97 Å². The van der Waals surface area contributed by atoms with Gasteiger partial charge in [0.1, 0.15) is 18.1 Å². The quantitative estimate of drug-likeness (QED) is 0.536. The molecule has 0 unspecified atom stereocenters. The van der Waals surface area contributed by atoms with E-state index in [-0.39, 0.29) is 6.10 Å². The van der Waals surface area contributed by atoms with Gasteiger partial charge in [0.05, 0.1) is 11.8 Å². The lowest BCUT2D eigenvalue weighted by atomic mass is 10.2. The van der Waals surface area contributed by atoms with E-state index in [0.29, 0.717) is 35.2 Å². The summed E-state index contributed by atoms with van der Waals surface area (Å²) in [6.45, 7) is 0.710. The van der Waals surface area contributed by atoms with Crippen molar-refractivity contribution in [1.82, 2.24) is 10.1 Å². The molecule has 0 spiro atoms. The van der Waals surface area contributed by atoms with Crippen LogP contribution in [0.25, 0.3) is 11.4 Å². The third kappa shape index (κ3) is 2.93. The van der Waals surface area contributed by atoms with Gasteiger partial charge in [-0.3, -0.25) is 0 Å². The van der Waals surface area contributed by atoms with Crippen molar-refractivity contribution in [3.63, 3.8) is 0 Å². The lowest BCUT2D eigenvalue weighted by Crippen LogP contribution is -2.07.